The first-order valence-corrected chi connectivity index (χ1v) is 8.38. The van der Waals surface area contributed by atoms with E-state index in [0.29, 0.717) is 28.6 Å². The average molecular weight is 341 g/mol. The molecule has 1 aliphatic rings. The van der Waals surface area contributed by atoms with Gasteiger partial charge in [-0.05, 0) is 37.7 Å². The Morgan fingerprint density at radius 2 is 2.17 bits per heavy atom. The summed E-state index contributed by atoms with van der Waals surface area (Å²) in [5.74, 6) is 0.243. The van der Waals surface area contributed by atoms with E-state index in [-0.39, 0.29) is 11.3 Å². The molecule has 0 atom stereocenters. The molecule has 0 spiro atoms. The van der Waals surface area contributed by atoms with Crippen LogP contribution in [0.25, 0.3) is 0 Å². The molecule has 23 heavy (non-hydrogen) atoms. The van der Waals surface area contributed by atoms with Crippen LogP contribution in [0.5, 0.6) is 5.75 Å². The Morgan fingerprint density at radius 3 is 2.74 bits per heavy atom. The Labute approximate surface area is 142 Å². The normalized spacial score (nSPS) is 15.8. The molecular formula is C17H25ClN2O3. The molecule has 0 bridgehead atoms. The lowest BCUT2D eigenvalue weighted by atomic mass is 9.66. The maximum absolute atomic E-state index is 12.5. The van der Waals surface area contributed by atoms with E-state index in [9.17, 15) is 4.79 Å². The van der Waals surface area contributed by atoms with Crippen molar-refractivity contribution in [3.05, 3.63) is 22.7 Å². The SMILES string of the molecule is CCOCCC1(CNC(=O)c2cc(Cl)c(N)cc2OC)CCC1. The summed E-state index contributed by atoms with van der Waals surface area (Å²) in [4.78, 5) is 12.5. The van der Waals surface area contributed by atoms with Crippen LogP contribution in [0.4, 0.5) is 5.69 Å². The molecule has 1 amide bonds. The number of rotatable bonds is 8. The van der Waals surface area contributed by atoms with Gasteiger partial charge in [-0.3, -0.25) is 4.79 Å². The standard InChI is InChI=1S/C17H25ClN2O3/c1-3-23-8-7-17(5-4-6-17)11-20-16(21)12-9-13(18)14(19)10-15(12)22-2/h9-10H,3-8,11,19H2,1-2H3,(H,20,21). The number of hydrogen-bond donors (Lipinski definition) is 2. The smallest absolute Gasteiger partial charge is 0.255 e. The number of carbonyl (C=O) groups is 1. The highest BCUT2D eigenvalue weighted by molar-refractivity contribution is 6.33. The average Bonchev–Trinajstić information content (AvgIpc) is 2.51. The minimum Gasteiger partial charge on any atom is -0.496 e. The number of amides is 1. The second kappa shape index (κ2) is 7.88. The Morgan fingerprint density at radius 1 is 1.43 bits per heavy atom. The second-order valence-corrected chi connectivity index (χ2v) is 6.46. The minimum atomic E-state index is -0.188. The number of benzene rings is 1. The molecule has 128 valence electrons. The van der Waals surface area contributed by atoms with Crippen LogP contribution in [0.1, 0.15) is 43.0 Å². The lowest BCUT2D eigenvalue weighted by Gasteiger charge is -2.42. The topological polar surface area (TPSA) is 73.6 Å². The van der Waals surface area contributed by atoms with Gasteiger partial charge in [-0.25, -0.2) is 0 Å². The van der Waals surface area contributed by atoms with Gasteiger partial charge in [-0.2, -0.15) is 0 Å². The van der Waals surface area contributed by atoms with Crippen LogP contribution in [-0.2, 0) is 4.74 Å². The number of hydrogen-bond acceptors (Lipinski definition) is 4. The maximum atomic E-state index is 12.5. The van der Waals surface area contributed by atoms with Gasteiger partial charge in [0.15, 0.2) is 0 Å². The van der Waals surface area contributed by atoms with Crippen LogP contribution < -0.4 is 15.8 Å². The van der Waals surface area contributed by atoms with Gasteiger partial charge in [0, 0.05) is 25.8 Å². The van der Waals surface area contributed by atoms with Crippen molar-refractivity contribution in [2.45, 2.75) is 32.6 Å². The lowest BCUT2D eigenvalue weighted by Crippen LogP contribution is -2.43. The second-order valence-electron chi connectivity index (χ2n) is 6.06. The third-order valence-corrected chi connectivity index (χ3v) is 4.91. The molecule has 0 unspecified atom stereocenters. The van der Waals surface area contributed by atoms with E-state index in [1.54, 1.807) is 12.1 Å². The summed E-state index contributed by atoms with van der Waals surface area (Å²) in [7, 11) is 1.51. The van der Waals surface area contributed by atoms with Gasteiger partial charge in [-0.1, -0.05) is 18.0 Å². The summed E-state index contributed by atoms with van der Waals surface area (Å²) in [5.41, 5.74) is 6.72. The third-order valence-electron chi connectivity index (χ3n) is 4.58. The molecule has 0 radical (unpaired) electrons. The number of nitrogens with two attached hydrogens (primary N) is 1. The van der Waals surface area contributed by atoms with E-state index in [1.807, 2.05) is 6.92 Å². The first kappa shape index (κ1) is 17.9. The molecule has 1 aromatic rings. The van der Waals surface area contributed by atoms with Crippen LogP contribution in [-0.4, -0.2) is 32.8 Å². The number of anilines is 1. The summed E-state index contributed by atoms with van der Waals surface area (Å²) in [5, 5.41) is 3.37. The highest BCUT2D eigenvalue weighted by atomic mass is 35.5. The van der Waals surface area contributed by atoms with Gasteiger partial charge >= 0.3 is 0 Å². The molecule has 0 saturated heterocycles. The van der Waals surface area contributed by atoms with Crippen LogP contribution in [0.2, 0.25) is 5.02 Å². The fourth-order valence-electron chi connectivity index (χ4n) is 2.90. The Kier molecular flexibility index (Phi) is 6.13. The highest BCUT2D eigenvalue weighted by Gasteiger charge is 2.37. The molecule has 1 aliphatic carbocycles. The first-order valence-electron chi connectivity index (χ1n) is 8.00. The lowest BCUT2D eigenvalue weighted by molar-refractivity contribution is 0.0512. The van der Waals surface area contributed by atoms with Gasteiger partial charge in [0.1, 0.15) is 5.75 Å². The van der Waals surface area contributed by atoms with Crippen molar-refractivity contribution in [3.8, 4) is 5.75 Å². The fourth-order valence-corrected chi connectivity index (χ4v) is 3.07. The summed E-state index contributed by atoms with van der Waals surface area (Å²) >= 11 is 6.02. The van der Waals surface area contributed by atoms with Crippen molar-refractivity contribution in [3.63, 3.8) is 0 Å². The summed E-state index contributed by atoms with van der Waals surface area (Å²) in [6, 6.07) is 3.13. The van der Waals surface area contributed by atoms with Gasteiger partial charge in [0.2, 0.25) is 0 Å². The van der Waals surface area contributed by atoms with E-state index in [2.05, 4.69) is 5.32 Å². The Hall–Kier alpha value is -1.46. The van der Waals surface area contributed by atoms with Gasteiger partial charge in [0.05, 0.1) is 23.4 Å². The van der Waals surface area contributed by atoms with Crippen LogP contribution in [0.3, 0.4) is 0 Å². The zero-order valence-electron chi connectivity index (χ0n) is 13.8. The zero-order chi connectivity index (χ0) is 16.9. The quantitative estimate of drug-likeness (QED) is 0.562. The summed E-state index contributed by atoms with van der Waals surface area (Å²) < 4.78 is 10.7. The van der Waals surface area contributed by atoms with Crippen molar-refractivity contribution in [1.29, 1.82) is 0 Å². The predicted molar refractivity (Wildman–Crippen MR) is 92.1 cm³/mol. The van der Waals surface area contributed by atoms with Crippen LogP contribution in [0, 0.1) is 5.41 Å². The molecule has 1 fully saturated rings. The molecule has 3 N–H and O–H groups in total. The highest BCUT2D eigenvalue weighted by Crippen LogP contribution is 2.43. The molecule has 2 rings (SSSR count). The minimum absolute atomic E-state index is 0.162. The van der Waals surface area contributed by atoms with Crippen LogP contribution >= 0.6 is 11.6 Å². The molecule has 6 heteroatoms. The molecule has 0 aliphatic heterocycles. The molecule has 1 aromatic carbocycles. The number of ether oxygens (including phenoxy) is 2. The van der Waals surface area contributed by atoms with Crippen molar-refractivity contribution in [1.82, 2.24) is 5.32 Å². The van der Waals surface area contributed by atoms with E-state index < -0.39 is 0 Å². The molecular weight excluding hydrogens is 316 g/mol. The number of carbonyl (C=O) groups excluding carboxylic acids is 1. The van der Waals surface area contributed by atoms with Crippen molar-refractivity contribution >= 4 is 23.2 Å². The van der Waals surface area contributed by atoms with E-state index >= 15 is 0 Å². The largest absolute Gasteiger partial charge is 0.496 e. The number of methoxy groups -OCH3 is 1. The fraction of sp³-hybridized carbons (Fsp3) is 0.588. The number of nitrogen functional groups attached to an aromatic ring is 1. The first-order chi connectivity index (χ1) is 11.0. The molecule has 0 aromatic heterocycles. The van der Waals surface area contributed by atoms with Crippen molar-refractivity contribution in [2.75, 3.05) is 32.6 Å². The zero-order valence-corrected chi connectivity index (χ0v) is 14.5. The van der Waals surface area contributed by atoms with Crippen molar-refractivity contribution in [2.24, 2.45) is 5.41 Å². The summed E-state index contributed by atoms with van der Waals surface area (Å²) in [6.45, 7) is 4.10. The number of halogens is 1. The van der Waals surface area contributed by atoms with E-state index in [0.717, 1.165) is 32.5 Å². The molecule has 1 saturated carbocycles. The van der Waals surface area contributed by atoms with Crippen molar-refractivity contribution < 1.29 is 14.3 Å². The molecule has 0 heterocycles. The van der Waals surface area contributed by atoms with Gasteiger partial charge in [-0.15, -0.1) is 0 Å². The third kappa shape index (κ3) is 4.30. The monoisotopic (exact) mass is 340 g/mol. The maximum Gasteiger partial charge on any atom is 0.255 e. The number of nitrogens with one attached hydrogen (secondary N) is 1. The summed E-state index contributed by atoms with van der Waals surface area (Å²) in [6.07, 6.45) is 4.43. The van der Waals surface area contributed by atoms with E-state index in [4.69, 9.17) is 26.8 Å². The predicted octanol–water partition coefficient (Wildman–Crippen LogP) is 3.26. The Bertz CT molecular complexity index is 559. The van der Waals surface area contributed by atoms with Gasteiger partial charge in [0.25, 0.3) is 5.91 Å². The van der Waals surface area contributed by atoms with Gasteiger partial charge < -0.3 is 20.5 Å². The Balaban J connectivity index is 2.00. The molecule has 5 nitrogen and oxygen atoms in total. The van der Waals surface area contributed by atoms with E-state index in [1.165, 1.54) is 13.5 Å². The van der Waals surface area contributed by atoms with Crippen LogP contribution in [0.15, 0.2) is 12.1 Å².